The Morgan fingerprint density at radius 3 is 2.33 bits per heavy atom. The molecule has 82 valence electrons. The van der Waals surface area contributed by atoms with Gasteiger partial charge in [0, 0.05) is 6.04 Å². The highest BCUT2D eigenvalue weighted by Gasteiger charge is 2.41. The molecule has 4 heteroatoms. The average molecular weight is 206 g/mol. The van der Waals surface area contributed by atoms with Crippen molar-refractivity contribution in [3.05, 3.63) is 5.82 Å². The number of hydrogen-bond acceptors (Lipinski definition) is 3. The number of aryl methyl sites for hydroxylation is 1. The monoisotopic (exact) mass is 206 g/mol. The van der Waals surface area contributed by atoms with Crippen molar-refractivity contribution in [1.29, 1.82) is 0 Å². The maximum Gasteiger partial charge on any atom is 0.169 e. The van der Waals surface area contributed by atoms with Crippen LogP contribution < -0.4 is 11.1 Å². The van der Waals surface area contributed by atoms with E-state index in [0.29, 0.717) is 11.9 Å². The quantitative estimate of drug-likeness (QED) is 0.705. The number of hydrogen-bond donors (Lipinski definition) is 3. The van der Waals surface area contributed by atoms with Crippen LogP contribution in [0.2, 0.25) is 0 Å². The fraction of sp³-hybridized carbons (Fsp3) is 0.727. The van der Waals surface area contributed by atoms with Gasteiger partial charge in [0.15, 0.2) is 5.82 Å². The number of nitrogens with zero attached hydrogens (tertiary/aromatic N) is 1. The molecule has 2 aliphatic carbocycles. The van der Waals surface area contributed by atoms with Crippen LogP contribution in [0.3, 0.4) is 0 Å². The summed E-state index contributed by atoms with van der Waals surface area (Å²) in [6.07, 6.45) is 5.49. The Bertz CT molecular complexity index is 351. The molecule has 4 N–H and O–H groups in total. The second kappa shape index (κ2) is 3.15. The number of anilines is 2. The van der Waals surface area contributed by atoms with E-state index in [0.717, 1.165) is 23.5 Å². The average Bonchev–Trinajstić information content (AvgIpc) is 3.05. The fourth-order valence-corrected chi connectivity index (χ4v) is 2.31. The zero-order valence-electron chi connectivity index (χ0n) is 9.09. The molecule has 4 nitrogen and oxygen atoms in total. The number of aromatic nitrogens is 2. The SMILES string of the molecule is Cc1nc(NC(C2CC2)C2CC2)c(N)[nH]1. The zero-order chi connectivity index (χ0) is 10.4. The molecule has 2 saturated carbocycles. The van der Waals surface area contributed by atoms with Crippen molar-refractivity contribution in [3.63, 3.8) is 0 Å². The number of nitrogens with two attached hydrogens (primary N) is 1. The molecule has 2 aliphatic rings. The first-order chi connectivity index (χ1) is 7.24. The summed E-state index contributed by atoms with van der Waals surface area (Å²) in [7, 11) is 0. The van der Waals surface area contributed by atoms with Crippen molar-refractivity contribution in [3.8, 4) is 0 Å². The number of nitrogen functional groups attached to an aromatic ring is 1. The predicted molar refractivity (Wildman–Crippen MR) is 60.6 cm³/mol. The van der Waals surface area contributed by atoms with Gasteiger partial charge in [0.25, 0.3) is 0 Å². The summed E-state index contributed by atoms with van der Waals surface area (Å²) in [5, 5.41) is 3.52. The lowest BCUT2D eigenvalue weighted by molar-refractivity contribution is 0.566. The Morgan fingerprint density at radius 1 is 1.33 bits per heavy atom. The molecule has 1 aromatic rings. The summed E-state index contributed by atoms with van der Waals surface area (Å²) >= 11 is 0. The number of nitrogens with one attached hydrogen (secondary N) is 2. The molecule has 0 spiro atoms. The summed E-state index contributed by atoms with van der Waals surface area (Å²) in [4.78, 5) is 7.41. The number of H-pyrrole nitrogens is 1. The molecular weight excluding hydrogens is 188 g/mol. The van der Waals surface area contributed by atoms with Gasteiger partial charge >= 0.3 is 0 Å². The molecule has 0 aromatic carbocycles. The van der Waals surface area contributed by atoms with Crippen LogP contribution in [0.15, 0.2) is 0 Å². The first kappa shape index (κ1) is 9.07. The van der Waals surface area contributed by atoms with E-state index in [1.807, 2.05) is 6.92 Å². The first-order valence-corrected chi connectivity index (χ1v) is 5.82. The minimum atomic E-state index is 0.620. The summed E-state index contributed by atoms with van der Waals surface area (Å²) < 4.78 is 0. The lowest BCUT2D eigenvalue weighted by Gasteiger charge is -2.17. The van der Waals surface area contributed by atoms with Crippen LogP contribution in [0, 0.1) is 18.8 Å². The maximum atomic E-state index is 5.85. The highest BCUT2D eigenvalue weighted by Crippen LogP contribution is 2.46. The van der Waals surface area contributed by atoms with Crippen molar-refractivity contribution < 1.29 is 0 Å². The van der Waals surface area contributed by atoms with E-state index in [4.69, 9.17) is 5.73 Å². The van der Waals surface area contributed by atoms with E-state index in [1.165, 1.54) is 25.7 Å². The molecular formula is C11H18N4. The Kier molecular flexibility index (Phi) is 1.90. The summed E-state index contributed by atoms with van der Waals surface area (Å²) in [5.74, 6) is 4.17. The van der Waals surface area contributed by atoms with Gasteiger partial charge in [-0.3, -0.25) is 0 Å². The molecule has 0 unspecified atom stereocenters. The molecule has 0 atom stereocenters. The van der Waals surface area contributed by atoms with Crippen molar-refractivity contribution in [2.75, 3.05) is 11.1 Å². The lowest BCUT2D eigenvalue weighted by Crippen LogP contribution is -2.24. The molecule has 3 rings (SSSR count). The Hall–Kier alpha value is -1.19. The van der Waals surface area contributed by atoms with Gasteiger partial charge in [0.1, 0.15) is 11.6 Å². The van der Waals surface area contributed by atoms with Gasteiger partial charge in [-0.2, -0.15) is 0 Å². The Morgan fingerprint density at radius 2 is 1.93 bits per heavy atom. The minimum Gasteiger partial charge on any atom is -0.382 e. The van der Waals surface area contributed by atoms with Crippen LogP contribution in [0.25, 0.3) is 0 Å². The van der Waals surface area contributed by atoms with Crippen LogP contribution in [-0.2, 0) is 0 Å². The third-order valence-electron chi connectivity index (χ3n) is 3.41. The highest BCUT2D eigenvalue weighted by atomic mass is 15.1. The van der Waals surface area contributed by atoms with Crippen molar-refractivity contribution in [1.82, 2.24) is 9.97 Å². The van der Waals surface area contributed by atoms with Gasteiger partial charge in [0.05, 0.1) is 0 Å². The molecule has 0 bridgehead atoms. The zero-order valence-corrected chi connectivity index (χ0v) is 9.09. The smallest absolute Gasteiger partial charge is 0.169 e. The van der Waals surface area contributed by atoms with Crippen LogP contribution >= 0.6 is 0 Å². The van der Waals surface area contributed by atoms with E-state index < -0.39 is 0 Å². The first-order valence-electron chi connectivity index (χ1n) is 5.82. The highest BCUT2D eigenvalue weighted by molar-refractivity contribution is 5.57. The maximum absolute atomic E-state index is 5.85. The van der Waals surface area contributed by atoms with Gasteiger partial charge in [-0.25, -0.2) is 4.98 Å². The van der Waals surface area contributed by atoms with Crippen molar-refractivity contribution >= 4 is 11.6 Å². The molecule has 0 saturated heterocycles. The molecule has 2 fully saturated rings. The summed E-state index contributed by atoms with van der Waals surface area (Å²) in [6.45, 7) is 1.94. The van der Waals surface area contributed by atoms with E-state index in [1.54, 1.807) is 0 Å². The molecule has 0 radical (unpaired) electrons. The minimum absolute atomic E-state index is 0.620. The van der Waals surface area contributed by atoms with Crippen LogP contribution in [0.4, 0.5) is 11.6 Å². The molecule has 15 heavy (non-hydrogen) atoms. The van der Waals surface area contributed by atoms with Gasteiger partial charge in [0.2, 0.25) is 0 Å². The Balaban J connectivity index is 1.74. The molecule has 1 heterocycles. The molecule has 1 aromatic heterocycles. The third-order valence-corrected chi connectivity index (χ3v) is 3.41. The Labute approximate surface area is 89.7 Å². The third kappa shape index (κ3) is 1.80. The number of rotatable bonds is 4. The largest absolute Gasteiger partial charge is 0.382 e. The van der Waals surface area contributed by atoms with Crippen LogP contribution in [0.1, 0.15) is 31.5 Å². The molecule has 0 aliphatic heterocycles. The van der Waals surface area contributed by atoms with Gasteiger partial charge in [-0.1, -0.05) is 0 Å². The lowest BCUT2D eigenvalue weighted by atomic mass is 10.1. The van der Waals surface area contributed by atoms with E-state index in [-0.39, 0.29) is 0 Å². The standard InChI is InChI=1S/C11H18N4/c1-6-13-10(12)11(14-6)15-9(7-2-3-7)8-4-5-8/h7-9,15H,2-5,12H2,1H3,(H,13,14). The van der Waals surface area contributed by atoms with Crippen molar-refractivity contribution in [2.24, 2.45) is 11.8 Å². The predicted octanol–water partition coefficient (Wildman–Crippen LogP) is 1.90. The summed E-state index contributed by atoms with van der Waals surface area (Å²) in [5.41, 5.74) is 5.85. The van der Waals surface area contributed by atoms with Gasteiger partial charge in [-0.15, -0.1) is 0 Å². The fourth-order valence-electron chi connectivity index (χ4n) is 2.31. The topological polar surface area (TPSA) is 66.7 Å². The van der Waals surface area contributed by atoms with Gasteiger partial charge in [-0.05, 0) is 44.4 Å². The van der Waals surface area contributed by atoms with Gasteiger partial charge < -0.3 is 16.0 Å². The van der Waals surface area contributed by atoms with Crippen LogP contribution in [-0.4, -0.2) is 16.0 Å². The number of imidazole rings is 1. The number of aromatic amines is 1. The normalized spacial score (nSPS) is 20.9. The van der Waals surface area contributed by atoms with Crippen LogP contribution in [0.5, 0.6) is 0 Å². The van der Waals surface area contributed by atoms with E-state index in [2.05, 4.69) is 15.3 Å². The van der Waals surface area contributed by atoms with E-state index >= 15 is 0 Å². The second-order valence-electron chi connectivity index (χ2n) is 4.93. The van der Waals surface area contributed by atoms with E-state index in [9.17, 15) is 0 Å². The van der Waals surface area contributed by atoms with Crippen molar-refractivity contribution in [2.45, 2.75) is 38.6 Å². The second-order valence-corrected chi connectivity index (χ2v) is 4.93. The molecule has 0 amide bonds. The summed E-state index contributed by atoms with van der Waals surface area (Å²) in [6, 6.07) is 0.620.